The van der Waals surface area contributed by atoms with E-state index in [2.05, 4.69) is 11.2 Å². The molecule has 2 aromatic rings. The zero-order chi connectivity index (χ0) is 14.5. The molecule has 0 saturated carbocycles. The summed E-state index contributed by atoms with van der Waals surface area (Å²) in [5.41, 5.74) is 2.62. The molecule has 1 aliphatic rings. The number of allylic oxidation sites excluding steroid dienone is 2. The topological polar surface area (TPSA) is 34.9 Å². The summed E-state index contributed by atoms with van der Waals surface area (Å²) in [6.45, 7) is 0. The monoisotopic (exact) mass is 280 g/mol. The van der Waals surface area contributed by atoms with Crippen LogP contribution in [0.15, 0.2) is 54.4 Å². The van der Waals surface area contributed by atoms with E-state index >= 15 is 0 Å². The summed E-state index contributed by atoms with van der Waals surface area (Å²) in [6.07, 6.45) is 12.4. The van der Waals surface area contributed by atoms with Crippen LogP contribution >= 0.6 is 0 Å². The van der Waals surface area contributed by atoms with E-state index in [4.69, 9.17) is 0 Å². The average molecular weight is 280 g/mol. The maximum absolute atomic E-state index is 12.6. The second-order valence-corrected chi connectivity index (χ2v) is 5.52. The van der Waals surface area contributed by atoms with Gasteiger partial charge in [-0.2, -0.15) is 5.10 Å². The number of rotatable bonds is 3. The molecular weight excluding hydrogens is 260 g/mol. The Morgan fingerprint density at radius 3 is 2.71 bits per heavy atom. The first kappa shape index (κ1) is 13.8. The number of carbonyl (C=O) groups excluding carboxylic acids is 1. The van der Waals surface area contributed by atoms with E-state index in [-0.39, 0.29) is 5.78 Å². The van der Waals surface area contributed by atoms with Crippen LogP contribution in [0.25, 0.3) is 5.69 Å². The van der Waals surface area contributed by atoms with Crippen molar-refractivity contribution >= 4 is 5.78 Å². The molecule has 0 spiro atoms. The first-order valence-electron chi connectivity index (χ1n) is 7.68. The Morgan fingerprint density at radius 1 is 1.05 bits per heavy atom. The van der Waals surface area contributed by atoms with E-state index < -0.39 is 0 Å². The van der Waals surface area contributed by atoms with Gasteiger partial charge in [0.05, 0.1) is 17.4 Å². The minimum absolute atomic E-state index is 0.138. The van der Waals surface area contributed by atoms with Crippen molar-refractivity contribution < 1.29 is 4.79 Å². The predicted molar refractivity (Wildman–Crippen MR) is 83.7 cm³/mol. The van der Waals surface area contributed by atoms with Crippen LogP contribution in [-0.2, 0) is 0 Å². The zero-order valence-electron chi connectivity index (χ0n) is 12.2. The molecule has 3 rings (SSSR count). The van der Waals surface area contributed by atoms with Gasteiger partial charge >= 0.3 is 0 Å². The van der Waals surface area contributed by atoms with Gasteiger partial charge < -0.3 is 0 Å². The molecule has 0 bridgehead atoms. The maximum atomic E-state index is 12.6. The fourth-order valence-electron chi connectivity index (χ4n) is 2.75. The van der Waals surface area contributed by atoms with Crippen LogP contribution in [0, 0.1) is 0 Å². The van der Waals surface area contributed by atoms with Gasteiger partial charge in [-0.15, -0.1) is 0 Å². The molecule has 21 heavy (non-hydrogen) atoms. The molecule has 1 heterocycles. The highest BCUT2D eigenvalue weighted by atomic mass is 16.1. The number of Topliss-reactive ketones (excluding diaryl/α,β-unsaturated/α-hetero) is 1. The van der Waals surface area contributed by atoms with Crippen molar-refractivity contribution in [2.24, 2.45) is 0 Å². The third-order valence-corrected chi connectivity index (χ3v) is 3.95. The molecule has 0 saturated heterocycles. The summed E-state index contributed by atoms with van der Waals surface area (Å²) >= 11 is 0. The number of hydrogen-bond donors (Lipinski definition) is 0. The summed E-state index contributed by atoms with van der Waals surface area (Å²) in [7, 11) is 0. The smallest absolute Gasteiger partial charge is 0.191 e. The second kappa shape index (κ2) is 6.53. The van der Waals surface area contributed by atoms with E-state index in [0.717, 1.165) is 30.5 Å². The minimum Gasteiger partial charge on any atom is -0.289 e. The Labute approximate surface area is 125 Å². The highest BCUT2D eigenvalue weighted by Crippen LogP contribution is 2.21. The standard InChI is InChI=1S/C18H20N2O/c21-18(15-9-5-2-1-3-6-10-15)16-13-19-20(14-16)17-11-7-4-8-12-17/h4,7-9,11-14H,1-3,5-6,10H2/b15-9+. The molecular formula is C18H20N2O. The van der Waals surface area contributed by atoms with Gasteiger partial charge in [0.1, 0.15) is 0 Å². The lowest BCUT2D eigenvalue weighted by molar-refractivity contribution is 0.102. The molecule has 0 radical (unpaired) electrons. The van der Waals surface area contributed by atoms with Crippen LogP contribution in [-0.4, -0.2) is 15.6 Å². The molecule has 0 aliphatic heterocycles. The number of nitrogens with zero attached hydrogens (tertiary/aromatic N) is 2. The van der Waals surface area contributed by atoms with Crippen LogP contribution in [0.3, 0.4) is 0 Å². The molecule has 0 atom stereocenters. The maximum Gasteiger partial charge on any atom is 0.191 e. The second-order valence-electron chi connectivity index (χ2n) is 5.52. The first-order valence-corrected chi connectivity index (χ1v) is 7.68. The van der Waals surface area contributed by atoms with Crippen LogP contribution in [0.2, 0.25) is 0 Å². The number of aromatic nitrogens is 2. The van der Waals surface area contributed by atoms with Gasteiger partial charge in [-0.1, -0.05) is 37.1 Å². The van der Waals surface area contributed by atoms with Crippen molar-refractivity contribution in [2.75, 3.05) is 0 Å². The third-order valence-electron chi connectivity index (χ3n) is 3.95. The normalized spacial score (nSPS) is 18.4. The molecule has 0 fully saturated rings. The number of carbonyl (C=O) groups is 1. The largest absolute Gasteiger partial charge is 0.289 e. The van der Waals surface area contributed by atoms with Crippen LogP contribution in [0.5, 0.6) is 0 Å². The molecule has 1 aliphatic carbocycles. The van der Waals surface area contributed by atoms with Gasteiger partial charge in [0.15, 0.2) is 5.78 Å². The van der Waals surface area contributed by atoms with Crippen molar-refractivity contribution in [3.63, 3.8) is 0 Å². The summed E-state index contributed by atoms with van der Waals surface area (Å²) in [4.78, 5) is 12.6. The van der Waals surface area contributed by atoms with E-state index in [0.29, 0.717) is 5.56 Å². The van der Waals surface area contributed by atoms with Gasteiger partial charge in [0, 0.05) is 6.20 Å². The zero-order valence-corrected chi connectivity index (χ0v) is 12.2. The molecule has 0 N–H and O–H groups in total. The van der Waals surface area contributed by atoms with Crippen molar-refractivity contribution in [3.8, 4) is 5.69 Å². The molecule has 108 valence electrons. The predicted octanol–water partition coefficient (Wildman–Crippen LogP) is 4.34. The van der Waals surface area contributed by atoms with E-state index in [1.165, 1.54) is 19.3 Å². The van der Waals surface area contributed by atoms with Gasteiger partial charge in [-0.25, -0.2) is 4.68 Å². The molecule has 1 aromatic heterocycles. The number of benzene rings is 1. The fourth-order valence-corrected chi connectivity index (χ4v) is 2.75. The highest BCUT2D eigenvalue weighted by molar-refractivity contribution is 6.08. The molecule has 3 heteroatoms. The lowest BCUT2D eigenvalue weighted by Crippen LogP contribution is -2.04. The van der Waals surface area contributed by atoms with Crippen LogP contribution < -0.4 is 0 Å². The van der Waals surface area contributed by atoms with Gasteiger partial charge in [0.2, 0.25) is 0 Å². The molecule has 3 nitrogen and oxygen atoms in total. The number of para-hydroxylation sites is 1. The van der Waals surface area contributed by atoms with E-state index in [1.54, 1.807) is 10.9 Å². The minimum atomic E-state index is 0.138. The average Bonchev–Trinajstić information content (AvgIpc) is 2.97. The molecule has 0 amide bonds. The molecule has 0 unspecified atom stereocenters. The quantitative estimate of drug-likeness (QED) is 0.784. The van der Waals surface area contributed by atoms with E-state index in [9.17, 15) is 4.79 Å². The SMILES string of the molecule is O=C(/C1=C/CCCCCC1)c1cnn(-c2ccccc2)c1. The fraction of sp³-hybridized carbons (Fsp3) is 0.333. The van der Waals surface area contributed by atoms with Gasteiger partial charge in [-0.3, -0.25) is 4.79 Å². The lowest BCUT2D eigenvalue weighted by atomic mass is 9.95. The lowest BCUT2D eigenvalue weighted by Gasteiger charge is -2.09. The summed E-state index contributed by atoms with van der Waals surface area (Å²) in [5.74, 6) is 0.138. The Balaban J connectivity index is 1.80. The number of hydrogen-bond acceptors (Lipinski definition) is 2. The van der Waals surface area contributed by atoms with Crippen molar-refractivity contribution in [1.29, 1.82) is 0 Å². The third kappa shape index (κ3) is 3.30. The Kier molecular flexibility index (Phi) is 4.29. The van der Waals surface area contributed by atoms with Crippen molar-refractivity contribution in [1.82, 2.24) is 9.78 Å². The molecule has 1 aromatic carbocycles. The van der Waals surface area contributed by atoms with E-state index in [1.807, 2.05) is 36.5 Å². The van der Waals surface area contributed by atoms with Crippen molar-refractivity contribution in [3.05, 3.63) is 59.9 Å². The first-order chi connectivity index (χ1) is 10.3. The summed E-state index contributed by atoms with van der Waals surface area (Å²) in [6, 6.07) is 9.87. The van der Waals surface area contributed by atoms with Crippen molar-refractivity contribution in [2.45, 2.75) is 38.5 Å². The van der Waals surface area contributed by atoms with Crippen LogP contribution in [0.4, 0.5) is 0 Å². The number of ketones is 1. The van der Waals surface area contributed by atoms with Gasteiger partial charge in [-0.05, 0) is 43.4 Å². The Bertz CT molecular complexity index is 640. The summed E-state index contributed by atoms with van der Waals surface area (Å²) < 4.78 is 1.76. The van der Waals surface area contributed by atoms with Crippen LogP contribution in [0.1, 0.15) is 48.9 Å². The Hall–Kier alpha value is -2.16. The highest BCUT2D eigenvalue weighted by Gasteiger charge is 2.15. The Morgan fingerprint density at radius 2 is 1.86 bits per heavy atom. The summed E-state index contributed by atoms with van der Waals surface area (Å²) in [5, 5.41) is 4.31. The van der Waals surface area contributed by atoms with Gasteiger partial charge in [0.25, 0.3) is 0 Å².